The molecule has 2 atom stereocenters. The molecular formula is C12H18O2S. The third kappa shape index (κ3) is 2.81. The largest absolute Gasteiger partial charge is 0.501 e. The van der Waals surface area contributed by atoms with E-state index in [4.69, 9.17) is 9.47 Å². The van der Waals surface area contributed by atoms with E-state index in [1.54, 1.807) is 26.0 Å². The van der Waals surface area contributed by atoms with Crippen LogP contribution in [0.25, 0.3) is 0 Å². The summed E-state index contributed by atoms with van der Waals surface area (Å²) in [5.41, 5.74) is 0. The van der Waals surface area contributed by atoms with Gasteiger partial charge in [-0.15, -0.1) is 11.8 Å². The fraction of sp³-hybridized carbons (Fsp3) is 0.500. The van der Waals surface area contributed by atoms with Crippen molar-refractivity contribution >= 4 is 11.8 Å². The van der Waals surface area contributed by atoms with Crippen molar-refractivity contribution in [1.29, 1.82) is 0 Å². The summed E-state index contributed by atoms with van der Waals surface area (Å²) in [4.78, 5) is 1.09. The predicted octanol–water partition coefficient (Wildman–Crippen LogP) is 3.33. The molecule has 0 saturated carbocycles. The molecule has 1 rings (SSSR count). The number of hydrogen-bond acceptors (Lipinski definition) is 3. The zero-order chi connectivity index (χ0) is 11.4. The second-order valence-corrected chi connectivity index (χ2v) is 5.02. The zero-order valence-corrected chi connectivity index (χ0v) is 10.6. The lowest BCUT2D eigenvalue weighted by molar-refractivity contribution is 0.218. The summed E-state index contributed by atoms with van der Waals surface area (Å²) < 4.78 is 10.7. The molecule has 0 aliphatic heterocycles. The summed E-state index contributed by atoms with van der Waals surface area (Å²) in [7, 11) is 3.41. The van der Waals surface area contributed by atoms with E-state index >= 15 is 0 Å². The first kappa shape index (κ1) is 12.2. The first-order valence-corrected chi connectivity index (χ1v) is 5.80. The van der Waals surface area contributed by atoms with Crippen LogP contribution < -0.4 is 0 Å². The highest BCUT2D eigenvalue weighted by atomic mass is 32.2. The van der Waals surface area contributed by atoms with Crippen molar-refractivity contribution in [3.8, 4) is 0 Å². The van der Waals surface area contributed by atoms with Crippen LogP contribution in [0.5, 0.6) is 0 Å². The van der Waals surface area contributed by atoms with Crippen LogP contribution in [0, 0.1) is 5.92 Å². The van der Waals surface area contributed by atoms with Crippen molar-refractivity contribution in [3.05, 3.63) is 35.2 Å². The van der Waals surface area contributed by atoms with Gasteiger partial charge in [-0.05, 0) is 24.0 Å². The van der Waals surface area contributed by atoms with E-state index in [2.05, 4.69) is 13.5 Å². The molecular weight excluding hydrogens is 208 g/mol. The Labute approximate surface area is 96.0 Å². The van der Waals surface area contributed by atoms with Crippen LogP contribution in [0.1, 0.15) is 13.8 Å². The maximum atomic E-state index is 5.37. The average Bonchev–Trinajstić information content (AvgIpc) is 2.20. The molecule has 0 spiro atoms. The van der Waals surface area contributed by atoms with Crippen molar-refractivity contribution < 1.29 is 9.47 Å². The van der Waals surface area contributed by atoms with Gasteiger partial charge in [0.1, 0.15) is 11.5 Å². The fourth-order valence-corrected chi connectivity index (χ4v) is 2.68. The first-order valence-electron chi connectivity index (χ1n) is 4.92. The molecule has 0 aromatic heterocycles. The van der Waals surface area contributed by atoms with Crippen molar-refractivity contribution in [2.75, 3.05) is 14.2 Å². The Morgan fingerprint density at radius 2 is 1.80 bits per heavy atom. The Morgan fingerprint density at radius 1 is 1.27 bits per heavy atom. The number of hydrogen-bond donors (Lipinski definition) is 0. The molecule has 0 saturated heterocycles. The molecule has 0 fully saturated rings. The monoisotopic (exact) mass is 226 g/mol. The van der Waals surface area contributed by atoms with Crippen molar-refractivity contribution in [1.82, 2.24) is 0 Å². The highest BCUT2D eigenvalue weighted by Gasteiger charge is 2.29. The van der Waals surface area contributed by atoms with Crippen LogP contribution in [0.15, 0.2) is 35.2 Å². The van der Waals surface area contributed by atoms with E-state index in [1.165, 1.54) is 0 Å². The number of ether oxygens (including phenoxy) is 2. The predicted molar refractivity (Wildman–Crippen MR) is 65.5 cm³/mol. The third-order valence-electron chi connectivity index (χ3n) is 2.39. The van der Waals surface area contributed by atoms with Gasteiger partial charge in [0.25, 0.3) is 0 Å². The van der Waals surface area contributed by atoms with Gasteiger partial charge >= 0.3 is 0 Å². The van der Waals surface area contributed by atoms with E-state index in [1.807, 2.05) is 19.1 Å². The topological polar surface area (TPSA) is 18.5 Å². The maximum Gasteiger partial charge on any atom is 0.110 e. The quantitative estimate of drug-likeness (QED) is 0.732. The van der Waals surface area contributed by atoms with Gasteiger partial charge in [-0.3, -0.25) is 0 Å². The fourth-order valence-electron chi connectivity index (χ4n) is 1.62. The molecule has 1 aliphatic carbocycles. The molecule has 2 nitrogen and oxygen atoms in total. The van der Waals surface area contributed by atoms with E-state index in [0.717, 1.165) is 16.4 Å². The Kier molecular flexibility index (Phi) is 4.33. The molecule has 3 heteroatoms. The normalized spacial score (nSPS) is 25.3. The van der Waals surface area contributed by atoms with Gasteiger partial charge in [-0.2, -0.15) is 0 Å². The van der Waals surface area contributed by atoms with Gasteiger partial charge in [0.15, 0.2) is 0 Å². The third-order valence-corrected chi connectivity index (χ3v) is 3.69. The minimum Gasteiger partial charge on any atom is -0.501 e. The molecule has 0 amide bonds. The lowest BCUT2D eigenvalue weighted by Crippen LogP contribution is -2.23. The molecule has 84 valence electrons. The Bertz CT molecular complexity index is 305. The second kappa shape index (κ2) is 5.31. The summed E-state index contributed by atoms with van der Waals surface area (Å²) in [6, 6.07) is 0. The van der Waals surface area contributed by atoms with Crippen molar-refractivity contribution in [2.24, 2.45) is 5.92 Å². The zero-order valence-electron chi connectivity index (χ0n) is 9.74. The maximum absolute atomic E-state index is 5.37. The number of methoxy groups -OCH3 is 2. The molecule has 0 heterocycles. The van der Waals surface area contributed by atoms with Crippen LogP contribution in [-0.4, -0.2) is 19.5 Å². The smallest absolute Gasteiger partial charge is 0.110 e. The minimum atomic E-state index is 0.271. The average molecular weight is 226 g/mol. The Hall–Kier alpha value is -0.830. The highest BCUT2D eigenvalue weighted by molar-refractivity contribution is 8.03. The summed E-state index contributed by atoms with van der Waals surface area (Å²) in [5, 5.41) is 0.271. The second-order valence-electron chi connectivity index (χ2n) is 3.58. The van der Waals surface area contributed by atoms with E-state index < -0.39 is 0 Å². The van der Waals surface area contributed by atoms with E-state index in [9.17, 15) is 0 Å². The van der Waals surface area contributed by atoms with Crippen molar-refractivity contribution in [2.45, 2.75) is 19.1 Å². The molecule has 2 unspecified atom stereocenters. The minimum absolute atomic E-state index is 0.271. The van der Waals surface area contributed by atoms with Crippen LogP contribution in [0.2, 0.25) is 0 Å². The standard InChI is InChI=1S/C12H18O2S/c1-8(2)15-12-9(3)10(13-4)6-7-11(12)14-5/h6-7,9,12H,1H2,2-5H3. The van der Waals surface area contributed by atoms with Crippen molar-refractivity contribution in [3.63, 3.8) is 0 Å². The summed E-state index contributed by atoms with van der Waals surface area (Å²) >= 11 is 1.73. The van der Waals surface area contributed by atoms with Crippen LogP contribution in [0.4, 0.5) is 0 Å². The number of thioether (sulfide) groups is 1. The van der Waals surface area contributed by atoms with Crippen LogP contribution in [-0.2, 0) is 9.47 Å². The first-order chi connectivity index (χ1) is 7.10. The van der Waals surface area contributed by atoms with Gasteiger partial charge in [0.2, 0.25) is 0 Å². The Balaban J connectivity index is 2.89. The van der Waals surface area contributed by atoms with Gasteiger partial charge in [0, 0.05) is 5.92 Å². The van der Waals surface area contributed by atoms with E-state index in [-0.39, 0.29) is 5.25 Å². The number of rotatable bonds is 4. The molecule has 0 aromatic carbocycles. The SMILES string of the molecule is C=C(C)SC1C(OC)=CC=C(OC)C1C. The van der Waals surface area contributed by atoms with Gasteiger partial charge in [-0.25, -0.2) is 0 Å². The Morgan fingerprint density at radius 3 is 2.27 bits per heavy atom. The van der Waals surface area contributed by atoms with Gasteiger partial charge in [-0.1, -0.05) is 13.5 Å². The summed E-state index contributed by atoms with van der Waals surface area (Å²) in [6.07, 6.45) is 3.94. The number of allylic oxidation sites excluding steroid dienone is 4. The lowest BCUT2D eigenvalue weighted by atomic mass is 9.98. The molecule has 1 aliphatic rings. The molecule has 0 N–H and O–H groups in total. The lowest BCUT2D eigenvalue weighted by Gasteiger charge is -2.29. The van der Waals surface area contributed by atoms with Crippen LogP contribution in [0.3, 0.4) is 0 Å². The highest BCUT2D eigenvalue weighted by Crippen LogP contribution is 2.37. The van der Waals surface area contributed by atoms with E-state index in [0.29, 0.717) is 5.92 Å². The molecule has 0 radical (unpaired) electrons. The molecule has 15 heavy (non-hydrogen) atoms. The van der Waals surface area contributed by atoms with Gasteiger partial charge in [0.05, 0.1) is 19.5 Å². The van der Waals surface area contributed by atoms with Crippen LogP contribution >= 0.6 is 11.8 Å². The van der Waals surface area contributed by atoms with Gasteiger partial charge < -0.3 is 9.47 Å². The summed E-state index contributed by atoms with van der Waals surface area (Å²) in [6.45, 7) is 8.07. The molecule has 0 aromatic rings. The summed E-state index contributed by atoms with van der Waals surface area (Å²) in [5.74, 6) is 2.29. The molecule has 0 bridgehead atoms.